The maximum atomic E-state index is 12.8. The highest BCUT2D eigenvalue weighted by molar-refractivity contribution is 7.98. The van der Waals surface area contributed by atoms with Crippen molar-refractivity contribution in [3.8, 4) is 0 Å². The van der Waals surface area contributed by atoms with Crippen molar-refractivity contribution in [3.05, 3.63) is 65.7 Å². The molecule has 0 radical (unpaired) electrons. The smallest absolute Gasteiger partial charge is 0.255 e. The van der Waals surface area contributed by atoms with E-state index >= 15 is 0 Å². The molecule has 2 aromatic rings. The van der Waals surface area contributed by atoms with E-state index in [1.54, 1.807) is 30.0 Å². The molecule has 3 rings (SSSR count). The molecule has 0 atom stereocenters. The maximum absolute atomic E-state index is 12.8. The van der Waals surface area contributed by atoms with Gasteiger partial charge in [-0.05, 0) is 61.4 Å². The second kappa shape index (κ2) is 9.42. The van der Waals surface area contributed by atoms with Gasteiger partial charge in [0.05, 0.1) is 11.3 Å². The Morgan fingerprint density at radius 3 is 2.41 bits per heavy atom. The molecule has 4 nitrogen and oxygen atoms in total. The van der Waals surface area contributed by atoms with Gasteiger partial charge in [0.25, 0.3) is 5.91 Å². The summed E-state index contributed by atoms with van der Waals surface area (Å²) >= 11 is 1.68. The van der Waals surface area contributed by atoms with E-state index in [1.165, 1.54) is 17.4 Å². The molecular formula is C22H24N2O2S. The van der Waals surface area contributed by atoms with Gasteiger partial charge in [-0.25, -0.2) is 0 Å². The van der Waals surface area contributed by atoms with Gasteiger partial charge in [0.15, 0.2) is 0 Å². The van der Waals surface area contributed by atoms with Gasteiger partial charge in [0.1, 0.15) is 0 Å². The van der Waals surface area contributed by atoms with Crippen LogP contribution in [-0.2, 0) is 4.79 Å². The second-order valence-corrected chi connectivity index (χ2v) is 7.37. The largest absolute Gasteiger partial charge is 0.339 e. The average Bonchev–Trinajstić information content (AvgIpc) is 2.73. The van der Waals surface area contributed by atoms with E-state index in [9.17, 15) is 9.59 Å². The minimum atomic E-state index is -0.247. The number of piperidine rings is 1. The van der Waals surface area contributed by atoms with Crippen molar-refractivity contribution in [2.45, 2.75) is 24.2 Å². The number of hydrogen-bond donors (Lipinski definition) is 1. The lowest BCUT2D eigenvalue weighted by Gasteiger charge is -2.27. The minimum Gasteiger partial charge on any atom is -0.339 e. The van der Waals surface area contributed by atoms with Crippen LogP contribution >= 0.6 is 11.8 Å². The second-order valence-electron chi connectivity index (χ2n) is 6.49. The van der Waals surface area contributed by atoms with Crippen molar-refractivity contribution >= 4 is 35.3 Å². The Bertz CT molecular complexity index is 824. The Morgan fingerprint density at radius 1 is 1.00 bits per heavy atom. The minimum absolute atomic E-state index is 0.0118. The quantitative estimate of drug-likeness (QED) is 0.605. The first-order valence-electron chi connectivity index (χ1n) is 9.19. The third-order valence-electron chi connectivity index (χ3n) is 4.60. The van der Waals surface area contributed by atoms with Crippen LogP contribution in [0, 0.1) is 0 Å². The van der Waals surface area contributed by atoms with Crippen LogP contribution in [0.4, 0.5) is 5.69 Å². The number of rotatable bonds is 5. The van der Waals surface area contributed by atoms with Crippen molar-refractivity contribution < 1.29 is 9.59 Å². The van der Waals surface area contributed by atoms with Crippen molar-refractivity contribution in [3.63, 3.8) is 0 Å². The van der Waals surface area contributed by atoms with Crippen molar-refractivity contribution in [1.82, 2.24) is 4.90 Å². The number of nitrogens with zero attached hydrogens (tertiary/aromatic N) is 1. The maximum Gasteiger partial charge on any atom is 0.255 e. The highest BCUT2D eigenvalue weighted by Gasteiger charge is 2.20. The SMILES string of the molecule is CSc1ccc(/C=C/C(=O)Nc2ccccc2C(=O)N2CCCCC2)cc1. The third-order valence-corrected chi connectivity index (χ3v) is 5.35. The molecule has 0 aromatic heterocycles. The number of anilines is 1. The molecule has 0 aliphatic carbocycles. The zero-order valence-electron chi connectivity index (χ0n) is 15.5. The molecule has 1 N–H and O–H groups in total. The first kappa shape index (κ1) is 19.2. The summed E-state index contributed by atoms with van der Waals surface area (Å²) in [6.07, 6.45) is 8.55. The fraction of sp³-hybridized carbons (Fsp3) is 0.273. The van der Waals surface area contributed by atoms with Crippen LogP contribution in [0.25, 0.3) is 6.08 Å². The van der Waals surface area contributed by atoms with Crippen molar-refractivity contribution in [2.24, 2.45) is 0 Å². The van der Waals surface area contributed by atoms with E-state index in [1.807, 2.05) is 47.6 Å². The molecule has 1 aliphatic heterocycles. The number of likely N-dealkylation sites (tertiary alicyclic amines) is 1. The molecule has 0 bridgehead atoms. The highest BCUT2D eigenvalue weighted by Crippen LogP contribution is 2.20. The van der Waals surface area contributed by atoms with Crippen LogP contribution < -0.4 is 5.32 Å². The van der Waals surface area contributed by atoms with Gasteiger partial charge in [0, 0.05) is 24.1 Å². The van der Waals surface area contributed by atoms with E-state index in [0.29, 0.717) is 11.3 Å². The molecule has 0 spiro atoms. The normalized spacial score (nSPS) is 14.3. The molecular weight excluding hydrogens is 356 g/mol. The molecule has 0 saturated carbocycles. The molecule has 27 heavy (non-hydrogen) atoms. The van der Waals surface area contributed by atoms with E-state index in [0.717, 1.165) is 31.5 Å². The Labute approximate surface area is 164 Å². The van der Waals surface area contributed by atoms with Crippen LogP contribution in [0.15, 0.2) is 59.5 Å². The van der Waals surface area contributed by atoms with Crippen LogP contribution in [0.3, 0.4) is 0 Å². The lowest BCUT2D eigenvalue weighted by atomic mass is 10.1. The fourth-order valence-corrected chi connectivity index (χ4v) is 3.52. The van der Waals surface area contributed by atoms with Gasteiger partial charge >= 0.3 is 0 Å². The van der Waals surface area contributed by atoms with E-state index in [2.05, 4.69) is 5.32 Å². The molecule has 5 heteroatoms. The van der Waals surface area contributed by atoms with Gasteiger partial charge in [0.2, 0.25) is 5.91 Å². The summed E-state index contributed by atoms with van der Waals surface area (Å²) in [5, 5.41) is 2.85. The average molecular weight is 381 g/mol. The Morgan fingerprint density at radius 2 is 1.70 bits per heavy atom. The summed E-state index contributed by atoms with van der Waals surface area (Å²) in [6.45, 7) is 1.57. The lowest BCUT2D eigenvalue weighted by Crippen LogP contribution is -2.36. The summed E-state index contributed by atoms with van der Waals surface area (Å²) in [5.41, 5.74) is 2.06. The number of nitrogens with one attached hydrogen (secondary N) is 1. The van der Waals surface area contributed by atoms with Crippen LogP contribution in [-0.4, -0.2) is 36.1 Å². The first-order valence-corrected chi connectivity index (χ1v) is 10.4. The monoisotopic (exact) mass is 380 g/mol. The molecule has 1 aliphatic rings. The highest BCUT2D eigenvalue weighted by atomic mass is 32.2. The van der Waals surface area contributed by atoms with Gasteiger partial charge in [-0.15, -0.1) is 11.8 Å². The molecule has 1 saturated heterocycles. The summed E-state index contributed by atoms with van der Waals surface area (Å²) < 4.78 is 0. The van der Waals surface area contributed by atoms with Crippen molar-refractivity contribution in [1.29, 1.82) is 0 Å². The molecule has 2 aromatic carbocycles. The number of para-hydroxylation sites is 1. The van der Waals surface area contributed by atoms with Gasteiger partial charge < -0.3 is 10.2 Å². The van der Waals surface area contributed by atoms with E-state index in [-0.39, 0.29) is 11.8 Å². The molecule has 140 valence electrons. The zero-order chi connectivity index (χ0) is 19.1. The number of carbonyl (C=O) groups is 2. The standard InChI is InChI=1S/C22H24N2O2S/c1-27-18-12-9-17(10-13-18)11-14-21(25)23-20-8-4-3-7-19(20)22(26)24-15-5-2-6-16-24/h3-4,7-14H,2,5-6,15-16H2,1H3,(H,23,25)/b14-11+. The van der Waals surface area contributed by atoms with Gasteiger partial charge in [-0.3, -0.25) is 9.59 Å². The number of amides is 2. The molecule has 1 heterocycles. The topological polar surface area (TPSA) is 49.4 Å². The van der Waals surface area contributed by atoms with Crippen LogP contribution in [0.1, 0.15) is 35.2 Å². The summed E-state index contributed by atoms with van der Waals surface area (Å²) in [5.74, 6) is -0.259. The number of carbonyl (C=O) groups excluding carboxylic acids is 2. The van der Waals surface area contributed by atoms with E-state index in [4.69, 9.17) is 0 Å². The van der Waals surface area contributed by atoms with Crippen LogP contribution in [0.5, 0.6) is 0 Å². The predicted molar refractivity (Wildman–Crippen MR) is 112 cm³/mol. The number of hydrogen-bond acceptors (Lipinski definition) is 3. The number of benzene rings is 2. The molecule has 2 amide bonds. The zero-order valence-corrected chi connectivity index (χ0v) is 16.3. The number of thioether (sulfide) groups is 1. The summed E-state index contributed by atoms with van der Waals surface area (Å²) in [4.78, 5) is 28.2. The molecule has 1 fully saturated rings. The Balaban J connectivity index is 1.68. The predicted octanol–water partition coefficient (Wildman–Crippen LogP) is 4.69. The van der Waals surface area contributed by atoms with Gasteiger partial charge in [-0.1, -0.05) is 24.3 Å². The molecule has 0 unspecified atom stereocenters. The van der Waals surface area contributed by atoms with Crippen LogP contribution in [0.2, 0.25) is 0 Å². The Kier molecular flexibility index (Phi) is 6.71. The Hall–Kier alpha value is -2.53. The first-order chi connectivity index (χ1) is 13.2. The fourth-order valence-electron chi connectivity index (χ4n) is 3.11. The van der Waals surface area contributed by atoms with Crippen molar-refractivity contribution in [2.75, 3.05) is 24.7 Å². The summed E-state index contributed by atoms with van der Waals surface area (Å²) in [6, 6.07) is 15.2. The summed E-state index contributed by atoms with van der Waals surface area (Å²) in [7, 11) is 0. The van der Waals surface area contributed by atoms with E-state index < -0.39 is 0 Å². The lowest BCUT2D eigenvalue weighted by molar-refractivity contribution is -0.111. The third kappa shape index (κ3) is 5.23. The van der Waals surface area contributed by atoms with Gasteiger partial charge in [-0.2, -0.15) is 0 Å².